The molecule has 1 saturated heterocycles. The molecule has 1 aromatic carbocycles. The van der Waals surface area contributed by atoms with Crippen molar-refractivity contribution >= 4 is 16.9 Å². The third-order valence-corrected chi connectivity index (χ3v) is 6.77. The second kappa shape index (κ2) is 10.1. The molecule has 1 aliphatic rings. The first-order chi connectivity index (χ1) is 17.4. The van der Waals surface area contributed by atoms with Crippen LogP contribution in [0.4, 0.5) is 8.78 Å². The number of pyridine rings is 1. The van der Waals surface area contributed by atoms with Crippen LogP contribution in [0.3, 0.4) is 0 Å². The summed E-state index contributed by atoms with van der Waals surface area (Å²) in [6.07, 6.45) is 6.54. The van der Waals surface area contributed by atoms with Gasteiger partial charge in [-0.1, -0.05) is 12.1 Å². The number of carbonyl (C=O) groups is 1. The first-order valence-electron chi connectivity index (χ1n) is 12.0. The largest absolute Gasteiger partial charge is 0.345 e. The van der Waals surface area contributed by atoms with Crippen molar-refractivity contribution in [1.82, 2.24) is 29.3 Å². The number of aromatic nitrogens is 4. The van der Waals surface area contributed by atoms with Gasteiger partial charge in [0.15, 0.2) is 5.82 Å². The molecule has 0 aliphatic carbocycles. The van der Waals surface area contributed by atoms with E-state index in [0.717, 1.165) is 38.2 Å². The number of amides is 1. The van der Waals surface area contributed by atoms with Crippen LogP contribution < -0.4 is 0 Å². The lowest BCUT2D eigenvalue weighted by molar-refractivity contribution is 0.0827. The van der Waals surface area contributed by atoms with Gasteiger partial charge in [-0.25, -0.2) is 18.7 Å². The van der Waals surface area contributed by atoms with Crippen molar-refractivity contribution in [3.63, 3.8) is 0 Å². The summed E-state index contributed by atoms with van der Waals surface area (Å²) in [5.74, 6) is -1.20. The summed E-state index contributed by atoms with van der Waals surface area (Å²) in [5, 5.41) is 0.321. The fourth-order valence-corrected chi connectivity index (χ4v) is 4.85. The molecule has 1 fully saturated rings. The van der Waals surface area contributed by atoms with E-state index in [9.17, 15) is 9.18 Å². The highest BCUT2D eigenvalue weighted by Crippen LogP contribution is 2.31. The standard InChI is InChI=1S/C27H28F2N6O/c1-33(2)27(36)19-7-6-18(22(28)13-19)14-24-25-23(29)16-35(26(25)32-17-31-24)21-8-11-34(12-9-21)15-20-5-3-4-10-30-20/h3-7,10,13,16-17,21H,8-9,11-12,14-15H2,1-2H3. The molecule has 1 amide bonds. The predicted octanol–water partition coefficient (Wildman–Crippen LogP) is 4.23. The van der Waals surface area contributed by atoms with Gasteiger partial charge in [-0.05, 0) is 42.7 Å². The number of hydrogen-bond acceptors (Lipinski definition) is 5. The Hall–Kier alpha value is -3.72. The van der Waals surface area contributed by atoms with Crippen LogP contribution in [0.15, 0.2) is 55.1 Å². The molecule has 5 rings (SSSR count). The molecule has 0 unspecified atom stereocenters. The van der Waals surface area contributed by atoms with Gasteiger partial charge in [0.2, 0.25) is 0 Å². The summed E-state index contributed by atoms with van der Waals surface area (Å²) in [6, 6.07) is 10.4. The van der Waals surface area contributed by atoms with Crippen molar-refractivity contribution in [2.45, 2.75) is 31.8 Å². The molecule has 7 nitrogen and oxygen atoms in total. The lowest BCUT2D eigenvalue weighted by Gasteiger charge is -2.32. The Bertz CT molecular complexity index is 1380. The van der Waals surface area contributed by atoms with Crippen molar-refractivity contribution in [3.8, 4) is 0 Å². The van der Waals surface area contributed by atoms with Gasteiger partial charge in [0, 0.05) is 64.1 Å². The maximum Gasteiger partial charge on any atom is 0.253 e. The minimum absolute atomic E-state index is 0.102. The van der Waals surface area contributed by atoms with Crippen LogP contribution in [0, 0.1) is 11.6 Å². The van der Waals surface area contributed by atoms with E-state index in [1.807, 2.05) is 22.8 Å². The van der Waals surface area contributed by atoms with Gasteiger partial charge in [-0.3, -0.25) is 14.7 Å². The average molecular weight is 491 g/mol. The number of hydrogen-bond donors (Lipinski definition) is 0. The van der Waals surface area contributed by atoms with Gasteiger partial charge in [0.25, 0.3) is 5.91 Å². The van der Waals surface area contributed by atoms with E-state index in [4.69, 9.17) is 0 Å². The third kappa shape index (κ3) is 4.83. The molecule has 3 aromatic heterocycles. The van der Waals surface area contributed by atoms with Gasteiger partial charge < -0.3 is 9.47 Å². The maximum atomic E-state index is 15.2. The van der Waals surface area contributed by atoms with Crippen molar-refractivity contribution in [3.05, 3.63) is 89.3 Å². The van der Waals surface area contributed by atoms with E-state index in [1.165, 1.54) is 23.5 Å². The topological polar surface area (TPSA) is 67.2 Å². The molecule has 0 spiro atoms. The third-order valence-electron chi connectivity index (χ3n) is 6.77. The smallest absolute Gasteiger partial charge is 0.253 e. The number of piperidine rings is 1. The van der Waals surface area contributed by atoms with E-state index in [-0.39, 0.29) is 23.9 Å². The quantitative estimate of drug-likeness (QED) is 0.405. The number of rotatable bonds is 6. The Morgan fingerprint density at radius 2 is 1.86 bits per heavy atom. The Balaban J connectivity index is 1.35. The van der Waals surface area contributed by atoms with Crippen molar-refractivity contribution in [2.24, 2.45) is 0 Å². The monoisotopic (exact) mass is 490 g/mol. The number of halogens is 2. The van der Waals surface area contributed by atoms with Gasteiger partial charge in [0.1, 0.15) is 17.8 Å². The van der Waals surface area contributed by atoms with Crippen molar-refractivity contribution in [2.75, 3.05) is 27.2 Å². The Morgan fingerprint density at radius 1 is 1.06 bits per heavy atom. The van der Waals surface area contributed by atoms with Crippen molar-refractivity contribution in [1.29, 1.82) is 0 Å². The van der Waals surface area contributed by atoms with Gasteiger partial charge in [-0.15, -0.1) is 0 Å². The van der Waals surface area contributed by atoms with Crippen LogP contribution in [0.5, 0.6) is 0 Å². The van der Waals surface area contributed by atoms with Crippen LogP contribution in [-0.4, -0.2) is 62.4 Å². The molecule has 4 aromatic rings. The molecule has 0 bridgehead atoms. The van der Waals surface area contributed by atoms with Gasteiger partial charge >= 0.3 is 0 Å². The zero-order chi connectivity index (χ0) is 25.2. The van der Waals surface area contributed by atoms with Gasteiger partial charge in [0.05, 0.1) is 16.8 Å². The summed E-state index contributed by atoms with van der Waals surface area (Å²) in [4.78, 5) is 29.0. The van der Waals surface area contributed by atoms with E-state index >= 15 is 4.39 Å². The van der Waals surface area contributed by atoms with Crippen LogP contribution in [0.25, 0.3) is 11.0 Å². The molecule has 1 aliphatic heterocycles. The highest BCUT2D eigenvalue weighted by molar-refractivity contribution is 5.94. The molecular formula is C27H28F2N6O. The molecule has 0 saturated carbocycles. The SMILES string of the molecule is CN(C)C(=O)c1ccc(Cc2ncnc3c2c(F)cn3C2CCN(Cc3ccccn3)CC2)c(F)c1. The summed E-state index contributed by atoms with van der Waals surface area (Å²) in [7, 11) is 3.23. The predicted molar refractivity (Wildman–Crippen MR) is 132 cm³/mol. The number of carbonyl (C=O) groups excluding carboxylic acids is 1. The Morgan fingerprint density at radius 3 is 2.56 bits per heavy atom. The highest BCUT2D eigenvalue weighted by atomic mass is 19.1. The normalized spacial score (nSPS) is 14.9. The van der Waals surface area contributed by atoms with Crippen LogP contribution in [0.2, 0.25) is 0 Å². The molecule has 0 radical (unpaired) electrons. The zero-order valence-corrected chi connectivity index (χ0v) is 20.4. The summed E-state index contributed by atoms with van der Waals surface area (Å²) >= 11 is 0. The molecule has 186 valence electrons. The summed E-state index contributed by atoms with van der Waals surface area (Å²) in [5.41, 5.74) is 2.60. The van der Waals surface area contributed by atoms with Gasteiger partial charge in [-0.2, -0.15) is 0 Å². The molecule has 0 N–H and O–H groups in total. The van der Waals surface area contributed by atoms with Crippen LogP contribution in [-0.2, 0) is 13.0 Å². The number of nitrogens with zero attached hydrogens (tertiary/aromatic N) is 6. The maximum absolute atomic E-state index is 15.2. The van der Waals surface area contributed by atoms with E-state index in [1.54, 1.807) is 32.4 Å². The lowest BCUT2D eigenvalue weighted by atomic mass is 10.0. The first-order valence-corrected chi connectivity index (χ1v) is 12.0. The van der Waals surface area contributed by atoms with E-state index in [2.05, 4.69) is 19.9 Å². The zero-order valence-electron chi connectivity index (χ0n) is 20.4. The fourth-order valence-electron chi connectivity index (χ4n) is 4.85. The molecule has 4 heterocycles. The first kappa shape index (κ1) is 24.0. The van der Waals surface area contributed by atoms with Crippen molar-refractivity contribution < 1.29 is 13.6 Å². The number of fused-ring (bicyclic) bond motifs is 1. The summed E-state index contributed by atoms with van der Waals surface area (Å²) < 4.78 is 31.9. The minimum atomic E-state index is -0.519. The second-order valence-electron chi connectivity index (χ2n) is 9.41. The number of benzene rings is 1. The van der Waals surface area contributed by atoms with Crippen LogP contribution in [0.1, 0.15) is 46.2 Å². The van der Waals surface area contributed by atoms with E-state index in [0.29, 0.717) is 22.3 Å². The minimum Gasteiger partial charge on any atom is -0.345 e. The highest BCUT2D eigenvalue weighted by Gasteiger charge is 2.25. The fraction of sp³-hybridized carbons (Fsp3) is 0.333. The molecule has 36 heavy (non-hydrogen) atoms. The van der Waals surface area contributed by atoms with Crippen LogP contribution >= 0.6 is 0 Å². The lowest BCUT2D eigenvalue weighted by Crippen LogP contribution is -2.34. The second-order valence-corrected chi connectivity index (χ2v) is 9.41. The Labute approximate surface area is 208 Å². The Kier molecular flexibility index (Phi) is 6.73. The van der Waals surface area contributed by atoms with E-state index < -0.39 is 11.6 Å². The molecule has 9 heteroatoms. The summed E-state index contributed by atoms with van der Waals surface area (Å²) in [6.45, 7) is 2.55. The molecule has 0 atom stereocenters. The number of likely N-dealkylation sites (tertiary alicyclic amines) is 1. The molecular weight excluding hydrogens is 462 g/mol. The average Bonchev–Trinajstić information content (AvgIpc) is 3.23.